The van der Waals surface area contributed by atoms with Gasteiger partial charge in [-0.25, -0.2) is 0 Å². The zero-order valence-electron chi connectivity index (χ0n) is 13.3. The summed E-state index contributed by atoms with van der Waals surface area (Å²) in [6, 6.07) is 3.26. The van der Waals surface area contributed by atoms with E-state index in [1.807, 2.05) is 0 Å². The molecular formula is C15H18ClN3O4. The van der Waals surface area contributed by atoms with Crippen LogP contribution in [0.25, 0.3) is 0 Å². The van der Waals surface area contributed by atoms with Gasteiger partial charge in [0.1, 0.15) is 0 Å². The second-order valence-electron chi connectivity index (χ2n) is 4.63. The zero-order chi connectivity index (χ0) is 17.0. The van der Waals surface area contributed by atoms with Crippen molar-refractivity contribution in [3.8, 4) is 17.2 Å². The molecule has 0 saturated carbocycles. The van der Waals surface area contributed by atoms with Gasteiger partial charge < -0.3 is 19.5 Å². The Labute approximate surface area is 139 Å². The van der Waals surface area contributed by atoms with Crippen molar-refractivity contribution in [2.24, 2.45) is 7.05 Å². The number of aryl methyl sites for hydroxylation is 1. The van der Waals surface area contributed by atoms with Crippen molar-refractivity contribution in [2.75, 3.05) is 21.3 Å². The molecule has 0 atom stereocenters. The minimum atomic E-state index is -0.319. The Morgan fingerprint density at radius 2 is 1.91 bits per heavy atom. The molecule has 1 amide bonds. The van der Waals surface area contributed by atoms with Gasteiger partial charge in [0.05, 0.1) is 50.4 Å². The highest BCUT2D eigenvalue weighted by Crippen LogP contribution is 2.39. The maximum Gasteiger partial charge on any atom is 0.255 e. The van der Waals surface area contributed by atoms with Crippen molar-refractivity contribution >= 4 is 17.5 Å². The van der Waals surface area contributed by atoms with Crippen LogP contribution in [-0.4, -0.2) is 37.0 Å². The Balaban J connectivity index is 2.25. The first-order chi connectivity index (χ1) is 11.0. The Morgan fingerprint density at radius 3 is 2.43 bits per heavy atom. The molecule has 1 aromatic carbocycles. The van der Waals surface area contributed by atoms with E-state index < -0.39 is 0 Å². The van der Waals surface area contributed by atoms with Gasteiger partial charge in [0.15, 0.2) is 11.5 Å². The number of benzene rings is 1. The van der Waals surface area contributed by atoms with Crippen molar-refractivity contribution in [2.45, 2.75) is 6.54 Å². The molecule has 0 aliphatic carbocycles. The quantitative estimate of drug-likeness (QED) is 0.871. The number of nitrogens with zero attached hydrogens (tertiary/aromatic N) is 2. The fraction of sp³-hybridized carbons (Fsp3) is 0.333. The number of amides is 1. The van der Waals surface area contributed by atoms with Gasteiger partial charge in [0, 0.05) is 7.05 Å². The van der Waals surface area contributed by atoms with Crippen LogP contribution in [0.5, 0.6) is 17.2 Å². The van der Waals surface area contributed by atoms with E-state index in [2.05, 4.69) is 10.4 Å². The van der Waals surface area contributed by atoms with E-state index in [9.17, 15) is 4.79 Å². The molecule has 0 aliphatic heterocycles. The fourth-order valence-corrected chi connectivity index (χ4v) is 2.41. The van der Waals surface area contributed by atoms with Crippen molar-refractivity contribution in [3.05, 3.63) is 34.6 Å². The van der Waals surface area contributed by atoms with Crippen LogP contribution in [0.4, 0.5) is 0 Å². The standard InChI is InChI=1S/C15H18ClN3O4/c1-19-11(10(16)7-18-19)8-17-15(20)9-5-6-12(21-2)14(23-4)13(9)22-3/h5-7H,8H2,1-4H3,(H,17,20). The number of carbonyl (C=O) groups is 1. The van der Waals surface area contributed by atoms with E-state index in [-0.39, 0.29) is 12.5 Å². The van der Waals surface area contributed by atoms with Gasteiger partial charge in [-0.2, -0.15) is 5.10 Å². The number of hydrogen-bond donors (Lipinski definition) is 1. The number of ether oxygens (including phenoxy) is 3. The molecule has 2 rings (SSSR count). The molecule has 23 heavy (non-hydrogen) atoms. The molecule has 1 heterocycles. The molecule has 8 heteroatoms. The molecular weight excluding hydrogens is 322 g/mol. The number of methoxy groups -OCH3 is 3. The monoisotopic (exact) mass is 339 g/mol. The fourth-order valence-electron chi connectivity index (χ4n) is 2.17. The summed E-state index contributed by atoms with van der Waals surface area (Å²) in [5, 5.41) is 7.30. The molecule has 0 fully saturated rings. The van der Waals surface area contributed by atoms with Gasteiger partial charge in [-0.15, -0.1) is 0 Å². The van der Waals surface area contributed by atoms with Gasteiger partial charge in [-0.05, 0) is 12.1 Å². The summed E-state index contributed by atoms with van der Waals surface area (Å²) >= 11 is 6.02. The normalized spacial score (nSPS) is 10.3. The maximum absolute atomic E-state index is 12.4. The van der Waals surface area contributed by atoms with E-state index in [0.717, 1.165) is 0 Å². The van der Waals surface area contributed by atoms with Crippen molar-refractivity contribution in [3.63, 3.8) is 0 Å². The summed E-state index contributed by atoms with van der Waals surface area (Å²) in [6.45, 7) is 0.242. The third kappa shape index (κ3) is 3.34. The van der Waals surface area contributed by atoms with Crippen LogP contribution in [0.2, 0.25) is 5.02 Å². The Bertz CT molecular complexity index is 695. The predicted octanol–water partition coefficient (Wildman–Crippen LogP) is 2.03. The number of halogens is 1. The molecule has 0 spiro atoms. The minimum Gasteiger partial charge on any atom is -0.493 e. The largest absolute Gasteiger partial charge is 0.493 e. The number of rotatable bonds is 6. The summed E-state index contributed by atoms with van der Waals surface area (Å²) in [6.07, 6.45) is 1.53. The SMILES string of the molecule is COc1ccc(C(=O)NCc2c(Cl)cnn2C)c(OC)c1OC. The summed E-state index contributed by atoms with van der Waals surface area (Å²) in [4.78, 5) is 12.4. The van der Waals surface area contributed by atoms with Crippen LogP contribution in [0.3, 0.4) is 0 Å². The first kappa shape index (κ1) is 17.0. The molecule has 0 aliphatic rings. The number of hydrogen-bond acceptors (Lipinski definition) is 5. The van der Waals surface area contributed by atoms with Crippen LogP contribution < -0.4 is 19.5 Å². The lowest BCUT2D eigenvalue weighted by molar-refractivity contribution is 0.0946. The first-order valence-electron chi connectivity index (χ1n) is 6.77. The van der Waals surface area contributed by atoms with Crippen molar-refractivity contribution in [1.82, 2.24) is 15.1 Å². The molecule has 0 saturated heterocycles. The third-order valence-electron chi connectivity index (χ3n) is 3.38. The zero-order valence-corrected chi connectivity index (χ0v) is 14.1. The lowest BCUT2D eigenvalue weighted by Gasteiger charge is -2.15. The van der Waals surface area contributed by atoms with E-state index in [0.29, 0.717) is 33.5 Å². The van der Waals surface area contributed by atoms with Gasteiger partial charge in [0.25, 0.3) is 5.91 Å². The van der Waals surface area contributed by atoms with Gasteiger partial charge >= 0.3 is 0 Å². The predicted molar refractivity (Wildman–Crippen MR) is 85.5 cm³/mol. The lowest BCUT2D eigenvalue weighted by Crippen LogP contribution is -2.25. The molecule has 0 unspecified atom stereocenters. The Morgan fingerprint density at radius 1 is 1.22 bits per heavy atom. The molecule has 1 aromatic heterocycles. The topological polar surface area (TPSA) is 74.6 Å². The summed E-state index contributed by atoms with van der Waals surface area (Å²) in [5.41, 5.74) is 1.04. The van der Waals surface area contributed by atoms with E-state index in [1.165, 1.54) is 27.5 Å². The van der Waals surface area contributed by atoms with E-state index in [4.69, 9.17) is 25.8 Å². The van der Waals surface area contributed by atoms with Crippen LogP contribution in [-0.2, 0) is 13.6 Å². The van der Waals surface area contributed by atoms with Crippen molar-refractivity contribution < 1.29 is 19.0 Å². The number of aromatic nitrogens is 2. The first-order valence-corrected chi connectivity index (χ1v) is 7.14. The van der Waals surface area contributed by atoms with Crippen molar-refractivity contribution in [1.29, 1.82) is 0 Å². The van der Waals surface area contributed by atoms with Gasteiger partial charge in [-0.1, -0.05) is 11.6 Å². The van der Waals surface area contributed by atoms with Crippen LogP contribution in [0, 0.1) is 0 Å². The molecule has 2 aromatic rings. The maximum atomic E-state index is 12.4. The number of carbonyl (C=O) groups excluding carboxylic acids is 1. The summed E-state index contributed by atoms with van der Waals surface area (Å²) < 4.78 is 17.4. The average molecular weight is 340 g/mol. The highest BCUT2D eigenvalue weighted by Gasteiger charge is 2.21. The smallest absolute Gasteiger partial charge is 0.255 e. The molecule has 1 N–H and O–H groups in total. The van der Waals surface area contributed by atoms with Gasteiger partial charge in [0.2, 0.25) is 5.75 Å². The summed E-state index contributed by atoms with van der Waals surface area (Å²) in [5.74, 6) is 0.831. The van der Waals surface area contributed by atoms with E-state index in [1.54, 1.807) is 23.9 Å². The van der Waals surface area contributed by atoms with Crippen LogP contribution in [0.1, 0.15) is 16.1 Å². The van der Waals surface area contributed by atoms with Gasteiger partial charge in [-0.3, -0.25) is 9.48 Å². The molecule has 7 nitrogen and oxygen atoms in total. The molecule has 0 radical (unpaired) electrons. The second-order valence-corrected chi connectivity index (χ2v) is 5.03. The molecule has 124 valence electrons. The summed E-state index contributed by atoms with van der Waals surface area (Å²) in [7, 11) is 6.22. The number of nitrogens with one attached hydrogen (secondary N) is 1. The highest BCUT2D eigenvalue weighted by molar-refractivity contribution is 6.31. The Hall–Kier alpha value is -2.41. The minimum absolute atomic E-state index is 0.242. The van der Waals surface area contributed by atoms with Crippen LogP contribution in [0.15, 0.2) is 18.3 Å². The molecule has 0 bridgehead atoms. The van der Waals surface area contributed by atoms with E-state index >= 15 is 0 Å². The lowest BCUT2D eigenvalue weighted by atomic mass is 10.1. The highest BCUT2D eigenvalue weighted by atomic mass is 35.5. The third-order valence-corrected chi connectivity index (χ3v) is 3.69. The van der Waals surface area contributed by atoms with Crippen LogP contribution >= 0.6 is 11.6 Å². The average Bonchev–Trinajstić information content (AvgIpc) is 2.89. The second kappa shape index (κ2) is 7.23. The Kier molecular flexibility index (Phi) is 5.33.